The third-order valence-corrected chi connectivity index (χ3v) is 7.03. The largest absolute Gasteiger partial charge is 0.480 e. The summed E-state index contributed by atoms with van der Waals surface area (Å²) in [4.78, 5) is 13.9. The van der Waals surface area contributed by atoms with Gasteiger partial charge in [-0.15, -0.1) is 0 Å². The summed E-state index contributed by atoms with van der Waals surface area (Å²) >= 11 is 0. The van der Waals surface area contributed by atoms with Gasteiger partial charge in [0.05, 0.1) is 11.4 Å². The molecule has 178 valence electrons. The van der Waals surface area contributed by atoms with E-state index in [0.29, 0.717) is 0 Å². The number of allylic oxidation sites excluding steroid dienone is 2. The number of carboxylic acids is 1. The van der Waals surface area contributed by atoms with Crippen molar-refractivity contribution in [3.05, 3.63) is 69.8 Å². The van der Waals surface area contributed by atoms with Crippen LogP contribution in [0.1, 0.15) is 56.7 Å². The van der Waals surface area contributed by atoms with Crippen LogP contribution in [0.3, 0.4) is 0 Å². The molecule has 1 unspecified atom stereocenters. The number of hydrogen-bond acceptors (Lipinski definition) is 5. The van der Waals surface area contributed by atoms with Gasteiger partial charge in [0.2, 0.25) is 0 Å². The van der Waals surface area contributed by atoms with E-state index < -0.39 is 12.0 Å². The van der Waals surface area contributed by atoms with Crippen LogP contribution < -0.4 is 10.7 Å². The van der Waals surface area contributed by atoms with E-state index in [9.17, 15) is 14.3 Å². The number of halogens is 1. The Bertz CT molecular complexity index is 1220. The van der Waals surface area contributed by atoms with Gasteiger partial charge in [-0.2, -0.15) is 5.10 Å². The predicted molar refractivity (Wildman–Crippen MR) is 132 cm³/mol. The Labute approximate surface area is 199 Å². The van der Waals surface area contributed by atoms with Crippen molar-refractivity contribution in [1.82, 2.24) is 15.6 Å². The molecular weight excluding hydrogens is 431 g/mol. The molecule has 2 aliphatic carbocycles. The molecule has 1 aromatic rings. The molecule has 2 heterocycles. The maximum Gasteiger partial charge on any atom is 0.321 e. The first kappa shape index (κ1) is 22.6. The van der Waals surface area contributed by atoms with E-state index in [1.807, 2.05) is 40.0 Å². The molecule has 0 bridgehead atoms. The number of nitrogens with zero attached hydrogens (tertiary/aromatic N) is 2. The van der Waals surface area contributed by atoms with Gasteiger partial charge in [0.25, 0.3) is 0 Å². The van der Waals surface area contributed by atoms with Crippen LogP contribution in [-0.4, -0.2) is 47.4 Å². The first-order valence-corrected chi connectivity index (χ1v) is 11.8. The van der Waals surface area contributed by atoms with Crippen molar-refractivity contribution in [1.29, 1.82) is 0 Å². The van der Waals surface area contributed by atoms with E-state index in [1.165, 1.54) is 5.57 Å². The predicted octanol–water partition coefficient (Wildman–Crippen LogP) is 4.27. The minimum Gasteiger partial charge on any atom is -0.480 e. The molecular formula is C27H31FN4O2. The first-order chi connectivity index (χ1) is 16.1. The fourth-order valence-corrected chi connectivity index (χ4v) is 5.32. The van der Waals surface area contributed by atoms with E-state index in [2.05, 4.69) is 33.0 Å². The van der Waals surface area contributed by atoms with Crippen molar-refractivity contribution in [2.45, 2.75) is 52.1 Å². The fraction of sp³-hybridized carbons (Fsp3) is 0.407. The second-order valence-corrected chi connectivity index (χ2v) is 10.7. The van der Waals surface area contributed by atoms with Gasteiger partial charge in [0.1, 0.15) is 11.9 Å². The number of carboxylic acid groups (broad SMARTS) is 1. The Hall–Kier alpha value is -3.19. The molecule has 4 aliphatic rings. The van der Waals surface area contributed by atoms with Gasteiger partial charge >= 0.3 is 5.97 Å². The maximum atomic E-state index is 14.5. The molecule has 5 rings (SSSR count). The first-order valence-electron chi connectivity index (χ1n) is 11.8. The molecule has 6 nitrogen and oxygen atoms in total. The summed E-state index contributed by atoms with van der Waals surface area (Å²) in [5, 5.41) is 17.7. The third-order valence-electron chi connectivity index (χ3n) is 7.03. The number of aliphatic carboxylic acids is 1. The number of carbonyl (C=O) groups is 1. The number of nitrogens with one attached hydrogen (secondary N) is 2. The van der Waals surface area contributed by atoms with Crippen LogP contribution in [0.2, 0.25) is 0 Å². The standard InChI is InChI=1S/C27H31FN4O2/c1-27(2,3)25(26(33)34)29-18-8-5-15(6-9-18)20-13-32(4)14-21-19-12-17(28)11-16-7-10-22(23(16)19)30-31-24(20)21/h5,7,10-12,14,18,25,29,31H,6,8-9,13H2,1-4H3,(H,33,34)/t18?,25-/m1/s1. The molecule has 0 aromatic heterocycles. The van der Waals surface area contributed by atoms with Crippen LogP contribution in [0.15, 0.2) is 52.4 Å². The van der Waals surface area contributed by atoms with Crippen molar-refractivity contribution >= 4 is 23.3 Å². The minimum absolute atomic E-state index is 0.117. The van der Waals surface area contributed by atoms with E-state index in [1.54, 1.807) is 12.1 Å². The number of hydrazone groups is 1. The Morgan fingerprint density at radius 3 is 2.79 bits per heavy atom. The smallest absolute Gasteiger partial charge is 0.321 e. The van der Waals surface area contributed by atoms with Crippen LogP contribution >= 0.6 is 0 Å². The monoisotopic (exact) mass is 462 g/mol. The number of rotatable bonds is 4. The summed E-state index contributed by atoms with van der Waals surface area (Å²) in [5.41, 5.74) is 10.7. The molecule has 3 N–H and O–H groups in total. The highest BCUT2D eigenvalue weighted by Gasteiger charge is 2.34. The lowest BCUT2D eigenvalue weighted by Gasteiger charge is -2.35. The molecule has 0 saturated carbocycles. The van der Waals surface area contributed by atoms with Gasteiger partial charge < -0.3 is 15.3 Å². The normalized spacial score (nSPS) is 22.2. The Kier molecular flexibility index (Phi) is 5.47. The fourth-order valence-electron chi connectivity index (χ4n) is 5.32. The van der Waals surface area contributed by atoms with E-state index in [0.717, 1.165) is 65.1 Å². The summed E-state index contributed by atoms with van der Waals surface area (Å²) in [7, 11) is 2.03. The minimum atomic E-state index is -0.812. The summed E-state index contributed by atoms with van der Waals surface area (Å²) < 4.78 is 14.5. The van der Waals surface area contributed by atoms with Gasteiger partial charge in [-0.3, -0.25) is 10.2 Å². The molecule has 2 atom stereocenters. The summed E-state index contributed by atoms with van der Waals surface area (Å²) in [6, 6.07) is 2.68. The zero-order chi connectivity index (χ0) is 24.2. The van der Waals surface area contributed by atoms with E-state index in [-0.39, 0.29) is 17.3 Å². The molecule has 7 heteroatoms. The lowest BCUT2D eigenvalue weighted by molar-refractivity contribution is -0.142. The van der Waals surface area contributed by atoms with Gasteiger partial charge in [-0.1, -0.05) is 32.9 Å². The average molecular weight is 463 g/mol. The zero-order valence-corrected chi connectivity index (χ0v) is 20.1. The molecule has 0 spiro atoms. The highest BCUT2D eigenvalue weighted by atomic mass is 19.1. The number of hydrogen-bond donors (Lipinski definition) is 3. The van der Waals surface area contributed by atoms with Crippen LogP contribution in [0.5, 0.6) is 0 Å². The van der Waals surface area contributed by atoms with Gasteiger partial charge in [0.15, 0.2) is 0 Å². The molecule has 2 aliphatic heterocycles. The highest BCUT2D eigenvalue weighted by Crippen LogP contribution is 2.40. The molecule has 1 aromatic carbocycles. The van der Waals surface area contributed by atoms with Gasteiger partial charge in [0, 0.05) is 37.0 Å². The van der Waals surface area contributed by atoms with E-state index in [4.69, 9.17) is 0 Å². The molecule has 0 saturated heterocycles. The van der Waals surface area contributed by atoms with Gasteiger partial charge in [-0.05, 0) is 65.2 Å². The number of fused-ring (bicyclic) bond motifs is 2. The molecule has 34 heavy (non-hydrogen) atoms. The van der Waals surface area contributed by atoms with Crippen LogP contribution in [0.25, 0.3) is 11.6 Å². The number of likely N-dealkylation sites (N-methyl/N-ethyl adjacent to an activating group) is 1. The average Bonchev–Trinajstić information content (AvgIpc) is 3.10. The highest BCUT2D eigenvalue weighted by molar-refractivity contribution is 6.20. The second kappa shape index (κ2) is 8.24. The van der Waals surface area contributed by atoms with Crippen molar-refractivity contribution < 1.29 is 14.3 Å². The van der Waals surface area contributed by atoms with Crippen molar-refractivity contribution in [2.75, 3.05) is 13.6 Å². The topological polar surface area (TPSA) is 77.0 Å². The quantitative estimate of drug-likeness (QED) is 0.623. The van der Waals surface area contributed by atoms with E-state index >= 15 is 0 Å². The second-order valence-electron chi connectivity index (χ2n) is 10.7. The Morgan fingerprint density at radius 2 is 2.12 bits per heavy atom. The molecule has 0 fully saturated rings. The zero-order valence-electron chi connectivity index (χ0n) is 20.1. The van der Waals surface area contributed by atoms with Gasteiger partial charge in [-0.25, -0.2) is 4.39 Å². The van der Waals surface area contributed by atoms with Crippen molar-refractivity contribution in [2.24, 2.45) is 10.5 Å². The maximum absolute atomic E-state index is 14.5. The Morgan fingerprint density at radius 1 is 1.32 bits per heavy atom. The van der Waals surface area contributed by atoms with Crippen molar-refractivity contribution in [3.8, 4) is 0 Å². The van der Waals surface area contributed by atoms with Crippen LogP contribution in [0.4, 0.5) is 4.39 Å². The van der Waals surface area contributed by atoms with Crippen LogP contribution in [0, 0.1) is 11.2 Å². The summed E-state index contributed by atoms with van der Waals surface area (Å²) in [6.45, 7) is 6.57. The third kappa shape index (κ3) is 3.98. The number of benzene rings is 1. The molecule has 0 amide bonds. The van der Waals surface area contributed by atoms with Crippen LogP contribution in [-0.2, 0) is 4.79 Å². The summed E-state index contributed by atoms with van der Waals surface area (Å²) in [5.74, 6) is -1.07. The molecule has 0 radical (unpaired) electrons. The lowest BCUT2D eigenvalue weighted by Crippen LogP contribution is -2.51. The SMILES string of the molecule is CN1C=C2C(=C(C3=CCC(N[C@H](C(=O)O)C(C)(C)C)CC3)C1)NN=C1C=Cc3cc(F)cc2c31. The lowest BCUT2D eigenvalue weighted by atomic mass is 9.83. The van der Waals surface area contributed by atoms with Crippen molar-refractivity contribution in [3.63, 3.8) is 0 Å². The Balaban J connectivity index is 1.47. The summed E-state index contributed by atoms with van der Waals surface area (Å²) in [6.07, 6.45) is 10.6.